The molecule has 11 nitrogen and oxygen atoms in total. The van der Waals surface area contributed by atoms with Gasteiger partial charge in [0, 0.05) is 27.7 Å². The van der Waals surface area contributed by atoms with E-state index in [1.165, 1.54) is 5.32 Å². The van der Waals surface area contributed by atoms with Gasteiger partial charge in [-0.25, -0.2) is 0 Å². The lowest BCUT2D eigenvalue weighted by Gasteiger charge is -2.44. The summed E-state index contributed by atoms with van der Waals surface area (Å²) in [5.74, 6) is -6.20. The molecule has 0 bridgehead atoms. The van der Waals surface area contributed by atoms with E-state index in [0.29, 0.717) is 0 Å². The zero-order valence-corrected chi connectivity index (χ0v) is 16.3. The van der Waals surface area contributed by atoms with Crippen LogP contribution >= 0.6 is 0 Å². The molecule has 0 saturated carbocycles. The first-order chi connectivity index (χ1) is 13.7. The monoisotopic (exact) mass is 443 g/mol. The summed E-state index contributed by atoms with van der Waals surface area (Å²) < 4.78 is 63.2. The molecule has 1 N–H and O–H groups in total. The average molecular weight is 443 g/mol. The number of halogens is 3. The van der Waals surface area contributed by atoms with Gasteiger partial charge in [0.05, 0.1) is 0 Å². The molecule has 170 valence electrons. The van der Waals surface area contributed by atoms with Crippen LogP contribution in [0.15, 0.2) is 0 Å². The second-order valence-electron chi connectivity index (χ2n) is 6.10. The molecule has 1 aliphatic heterocycles. The summed E-state index contributed by atoms with van der Waals surface area (Å²) in [6.07, 6.45) is -12.0. The van der Waals surface area contributed by atoms with Crippen molar-refractivity contribution in [1.82, 2.24) is 5.32 Å². The van der Waals surface area contributed by atoms with E-state index in [2.05, 4.69) is 0 Å². The van der Waals surface area contributed by atoms with Crippen LogP contribution in [0.5, 0.6) is 0 Å². The number of ether oxygens (including phenoxy) is 5. The quantitative estimate of drug-likeness (QED) is 0.431. The molecular weight excluding hydrogens is 423 g/mol. The lowest BCUT2D eigenvalue weighted by molar-refractivity contribution is -0.272. The van der Waals surface area contributed by atoms with Crippen LogP contribution in [-0.4, -0.2) is 73.2 Å². The largest absolute Gasteiger partial charge is 0.471 e. The lowest BCUT2D eigenvalue weighted by atomic mass is 9.96. The van der Waals surface area contributed by atoms with E-state index >= 15 is 0 Å². The maximum Gasteiger partial charge on any atom is 0.471 e. The molecule has 1 rings (SSSR count). The second-order valence-corrected chi connectivity index (χ2v) is 6.10. The predicted octanol–water partition coefficient (Wildman–Crippen LogP) is -0.252. The molecule has 0 radical (unpaired) electrons. The van der Waals surface area contributed by atoms with Crippen molar-refractivity contribution in [3.8, 4) is 0 Å². The Labute approximate surface area is 168 Å². The van der Waals surface area contributed by atoms with Crippen LogP contribution in [0.3, 0.4) is 0 Å². The zero-order valence-electron chi connectivity index (χ0n) is 16.3. The topological polar surface area (TPSA) is 144 Å². The Bertz CT molecular complexity index is 695. The third kappa shape index (κ3) is 7.50. The van der Waals surface area contributed by atoms with E-state index in [4.69, 9.17) is 23.7 Å². The smallest absolute Gasteiger partial charge is 0.463 e. The molecule has 0 spiro atoms. The number of amides is 1. The normalized spacial score (nSPS) is 26.2. The van der Waals surface area contributed by atoms with Gasteiger partial charge in [-0.3, -0.25) is 24.0 Å². The average Bonchev–Trinajstić information content (AvgIpc) is 2.56. The summed E-state index contributed by atoms with van der Waals surface area (Å²) in [6, 6.07) is -1.91. The molecule has 30 heavy (non-hydrogen) atoms. The number of alkyl halides is 3. The van der Waals surface area contributed by atoms with Crippen molar-refractivity contribution in [2.24, 2.45) is 0 Å². The Morgan fingerprint density at radius 3 is 1.77 bits per heavy atom. The van der Waals surface area contributed by atoms with Crippen molar-refractivity contribution < 1.29 is 60.8 Å². The number of nitrogens with one attached hydrogen (secondary N) is 1. The number of carbonyl (C=O) groups is 5. The van der Waals surface area contributed by atoms with Gasteiger partial charge in [-0.2, -0.15) is 13.2 Å². The van der Waals surface area contributed by atoms with Gasteiger partial charge in [0.2, 0.25) is 6.29 Å². The highest BCUT2D eigenvalue weighted by atomic mass is 19.4. The number of hydrogen-bond donors (Lipinski definition) is 1. The van der Waals surface area contributed by atoms with Crippen LogP contribution in [0, 0.1) is 0 Å². The fourth-order valence-corrected chi connectivity index (χ4v) is 2.55. The van der Waals surface area contributed by atoms with Crippen LogP contribution in [0.4, 0.5) is 13.2 Å². The minimum atomic E-state index is -5.34. The van der Waals surface area contributed by atoms with Gasteiger partial charge in [-0.05, 0) is 0 Å². The summed E-state index contributed by atoms with van der Waals surface area (Å²) >= 11 is 0. The van der Waals surface area contributed by atoms with Gasteiger partial charge < -0.3 is 29.0 Å². The van der Waals surface area contributed by atoms with Crippen molar-refractivity contribution in [2.75, 3.05) is 6.61 Å². The third-order valence-electron chi connectivity index (χ3n) is 3.54. The summed E-state index contributed by atoms with van der Waals surface area (Å²) in [7, 11) is 0. The van der Waals surface area contributed by atoms with Gasteiger partial charge >= 0.3 is 36.0 Å². The first-order valence-electron chi connectivity index (χ1n) is 8.40. The van der Waals surface area contributed by atoms with Crippen LogP contribution in [0.25, 0.3) is 0 Å². The molecule has 0 aliphatic carbocycles. The van der Waals surface area contributed by atoms with E-state index < -0.39 is 73.2 Å². The molecule has 1 heterocycles. The summed E-state index contributed by atoms with van der Waals surface area (Å²) in [4.78, 5) is 57.0. The highest BCUT2D eigenvalue weighted by molar-refractivity contribution is 5.82. The van der Waals surface area contributed by atoms with Gasteiger partial charge in [0.1, 0.15) is 18.8 Å². The van der Waals surface area contributed by atoms with Crippen LogP contribution in [-0.2, 0) is 47.7 Å². The number of rotatable bonds is 6. The fraction of sp³-hybridized carbons (Fsp3) is 0.688. The van der Waals surface area contributed by atoms with E-state index in [0.717, 1.165) is 27.7 Å². The van der Waals surface area contributed by atoms with Crippen molar-refractivity contribution >= 4 is 29.8 Å². The van der Waals surface area contributed by atoms with Crippen LogP contribution in [0.2, 0.25) is 0 Å². The molecule has 0 aromatic carbocycles. The molecule has 5 atom stereocenters. The first-order valence-corrected chi connectivity index (χ1v) is 8.40. The predicted molar refractivity (Wildman–Crippen MR) is 86.2 cm³/mol. The summed E-state index contributed by atoms with van der Waals surface area (Å²) in [5, 5.41) is 1.52. The number of carbonyl (C=O) groups excluding carboxylic acids is 5. The van der Waals surface area contributed by atoms with E-state index in [1.807, 2.05) is 0 Å². The van der Waals surface area contributed by atoms with Crippen molar-refractivity contribution in [2.45, 2.75) is 64.5 Å². The van der Waals surface area contributed by atoms with Crippen molar-refractivity contribution in [3.63, 3.8) is 0 Å². The Morgan fingerprint density at radius 2 is 1.33 bits per heavy atom. The fourth-order valence-electron chi connectivity index (χ4n) is 2.55. The Balaban J connectivity index is 3.39. The van der Waals surface area contributed by atoms with E-state index in [-0.39, 0.29) is 0 Å². The molecule has 0 unspecified atom stereocenters. The lowest BCUT2D eigenvalue weighted by Crippen LogP contribution is -2.67. The first kappa shape index (κ1) is 25.1. The maximum atomic E-state index is 12.8. The molecule has 1 amide bonds. The molecule has 1 fully saturated rings. The van der Waals surface area contributed by atoms with Crippen LogP contribution in [0.1, 0.15) is 27.7 Å². The highest BCUT2D eigenvalue weighted by Gasteiger charge is 2.54. The van der Waals surface area contributed by atoms with Crippen molar-refractivity contribution in [3.05, 3.63) is 0 Å². The van der Waals surface area contributed by atoms with E-state index in [1.54, 1.807) is 0 Å². The van der Waals surface area contributed by atoms with Gasteiger partial charge in [-0.15, -0.1) is 0 Å². The minimum Gasteiger partial charge on any atom is -0.463 e. The highest BCUT2D eigenvalue weighted by Crippen LogP contribution is 2.29. The van der Waals surface area contributed by atoms with Gasteiger partial charge in [0.25, 0.3) is 0 Å². The third-order valence-corrected chi connectivity index (χ3v) is 3.54. The molecule has 0 aromatic rings. The zero-order chi connectivity index (χ0) is 23.2. The summed E-state index contributed by atoms with van der Waals surface area (Å²) in [6.45, 7) is 3.22. The Kier molecular flexibility index (Phi) is 8.57. The maximum absolute atomic E-state index is 12.8. The number of esters is 4. The molecule has 14 heteroatoms. The van der Waals surface area contributed by atoms with Crippen molar-refractivity contribution in [1.29, 1.82) is 0 Å². The SMILES string of the molecule is CC(=O)OC[C@H]1O[C@@H](OC(C)=O)[C@@H](NC(=O)C(F)(F)F)[C@H](OC(C)=O)[C@@H]1OC(C)=O. The van der Waals surface area contributed by atoms with Crippen LogP contribution < -0.4 is 5.32 Å². The van der Waals surface area contributed by atoms with Gasteiger partial charge in [-0.1, -0.05) is 0 Å². The number of hydrogen-bond acceptors (Lipinski definition) is 10. The van der Waals surface area contributed by atoms with Gasteiger partial charge in [0.15, 0.2) is 12.2 Å². The Hall–Kier alpha value is -2.90. The van der Waals surface area contributed by atoms with E-state index in [9.17, 15) is 37.1 Å². The molecule has 0 aromatic heterocycles. The minimum absolute atomic E-state index is 0.594. The Morgan fingerprint density at radius 1 is 0.833 bits per heavy atom. The molecular formula is C16H20F3NO10. The summed E-state index contributed by atoms with van der Waals surface area (Å²) in [5.41, 5.74) is 0. The standard InChI is InChI=1S/C16H20F3NO10/c1-6(21)26-5-10-12(27-7(2)22)13(28-8(3)23)11(14(30-10)29-9(4)24)20-15(25)16(17,18)19/h10-14H,5H2,1-4H3,(H,20,25)/t10-,11+,12-,13+,14-/m1/s1. The molecule has 1 saturated heterocycles. The second kappa shape index (κ2) is 10.2. The molecule has 1 aliphatic rings.